The number of benzene rings is 1. The molecule has 3 aromatic rings. The van der Waals surface area contributed by atoms with E-state index in [0.29, 0.717) is 40.4 Å². The lowest BCUT2D eigenvalue weighted by atomic mass is 10.1. The summed E-state index contributed by atoms with van der Waals surface area (Å²) in [6.45, 7) is 8.28. The van der Waals surface area contributed by atoms with Crippen LogP contribution in [0.15, 0.2) is 29.6 Å². The van der Waals surface area contributed by atoms with Gasteiger partial charge in [0, 0.05) is 24.2 Å². The molecule has 0 aliphatic carbocycles. The van der Waals surface area contributed by atoms with Crippen LogP contribution in [-0.4, -0.2) is 27.1 Å². The first-order chi connectivity index (χ1) is 13.8. The highest BCUT2D eigenvalue weighted by atomic mass is 35.5. The predicted molar refractivity (Wildman–Crippen MR) is 113 cm³/mol. The van der Waals surface area contributed by atoms with E-state index in [-0.39, 0.29) is 0 Å². The van der Waals surface area contributed by atoms with Gasteiger partial charge in [-0.05, 0) is 38.0 Å². The number of aromatic nitrogens is 3. The third-order valence-electron chi connectivity index (χ3n) is 4.03. The lowest BCUT2D eigenvalue weighted by molar-refractivity contribution is 0.261. The molecule has 0 saturated heterocycles. The Morgan fingerprint density at radius 1 is 1.31 bits per heavy atom. The molecular weight excluding hydrogens is 390 g/mol. The fourth-order valence-corrected chi connectivity index (χ4v) is 2.93. The molecule has 0 aliphatic rings. The summed E-state index contributed by atoms with van der Waals surface area (Å²) in [4.78, 5) is 9.81. The monoisotopic (exact) mass is 411 g/mol. The Labute approximate surface area is 174 Å². The van der Waals surface area contributed by atoms with Crippen molar-refractivity contribution in [1.82, 2.24) is 14.8 Å². The molecule has 7 nitrogen and oxygen atoms in total. The van der Waals surface area contributed by atoms with Crippen molar-refractivity contribution >= 4 is 28.2 Å². The van der Waals surface area contributed by atoms with Crippen LogP contribution < -0.4 is 9.57 Å². The average molecular weight is 412 g/mol. The highest BCUT2D eigenvalue weighted by Gasteiger charge is 2.17. The molecule has 1 aromatic carbocycles. The molecule has 8 heteroatoms. The van der Waals surface area contributed by atoms with Gasteiger partial charge in [0.1, 0.15) is 16.8 Å². The number of nitriles is 1. The van der Waals surface area contributed by atoms with E-state index in [1.165, 1.54) is 0 Å². The lowest BCUT2D eigenvalue weighted by Crippen LogP contribution is -2.06. The minimum Gasteiger partial charge on any atom is -0.476 e. The largest absolute Gasteiger partial charge is 0.476 e. The van der Waals surface area contributed by atoms with Crippen LogP contribution in [0.2, 0.25) is 5.02 Å². The van der Waals surface area contributed by atoms with E-state index in [1.54, 1.807) is 29.1 Å². The zero-order valence-electron chi connectivity index (χ0n) is 17.0. The first-order valence-corrected chi connectivity index (χ1v) is 9.55. The quantitative estimate of drug-likeness (QED) is 0.422. The van der Waals surface area contributed by atoms with Gasteiger partial charge in [0.2, 0.25) is 5.88 Å². The summed E-state index contributed by atoms with van der Waals surface area (Å²) >= 11 is 6.38. The van der Waals surface area contributed by atoms with E-state index in [1.807, 2.05) is 20.9 Å². The van der Waals surface area contributed by atoms with Gasteiger partial charge in [0.05, 0.1) is 23.4 Å². The van der Waals surface area contributed by atoms with Crippen LogP contribution in [0.3, 0.4) is 0 Å². The zero-order valence-corrected chi connectivity index (χ0v) is 17.8. The molecule has 0 spiro atoms. The molecule has 0 aliphatic heterocycles. The number of hydrogen-bond acceptors (Lipinski definition) is 6. The molecular formula is C21H22ClN5O2. The molecule has 0 saturated carbocycles. The number of hydrogen-bond donors (Lipinski definition) is 0. The van der Waals surface area contributed by atoms with Crippen LogP contribution in [0.1, 0.15) is 33.3 Å². The van der Waals surface area contributed by atoms with Crippen molar-refractivity contribution in [2.24, 2.45) is 18.1 Å². The van der Waals surface area contributed by atoms with E-state index >= 15 is 0 Å². The van der Waals surface area contributed by atoms with Crippen LogP contribution in [0.5, 0.6) is 11.6 Å². The summed E-state index contributed by atoms with van der Waals surface area (Å²) in [6.07, 6.45) is 1.68. The molecule has 3 rings (SSSR count). The second kappa shape index (κ2) is 8.50. The van der Waals surface area contributed by atoms with Crippen LogP contribution in [-0.2, 0) is 7.05 Å². The number of pyridine rings is 1. The predicted octanol–water partition coefficient (Wildman–Crippen LogP) is 4.97. The van der Waals surface area contributed by atoms with Crippen molar-refractivity contribution in [3.8, 4) is 29.0 Å². The molecule has 2 heterocycles. The first kappa shape index (κ1) is 20.6. The molecule has 0 bridgehead atoms. The molecule has 0 N–H and O–H groups in total. The van der Waals surface area contributed by atoms with Crippen molar-refractivity contribution in [3.05, 3.63) is 35.0 Å². The van der Waals surface area contributed by atoms with Gasteiger partial charge in [0.25, 0.3) is 0 Å². The third-order valence-corrected chi connectivity index (χ3v) is 4.30. The number of fused-ring (bicyclic) bond motifs is 1. The smallest absolute Gasteiger partial charge is 0.232 e. The van der Waals surface area contributed by atoms with Crippen molar-refractivity contribution in [2.75, 3.05) is 6.61 Å². The Bertz CT molecular complexity index is 1120. The van der Waals surface area contributed by atoms with Crippen molar-refractivity contribution in [1.29, 1.82) is 5.26 Å². The summed E-state index contributed by atoms with van der Waals surface area (Å²) in [5, 5.41) is 19.2. The van der Waals surface area contributed by atoms with Gasteiger partial charge in [-0.1, -0.05) is 30.6 Å². The second-order valence-corrected chi connectivity index (χ2v) is 7.70. The summed E-state index contributed by atoms with van der Waals surface area (Å²) in [5.74, 6) is 1.13. The molecule has 0 atom stereocenters. The Morgan fingerprint density at radius 2 is 2.07 bits per heavy atom. The Balaban J connectivity index is 2.08. The molecule has 2 aromatic heterocycles. The molecule has 0 radical (unpaired) electrons. The van der Waals surface area contributed by atoms with Gasteiger partial charge < -0.3 is 9.57 Å². The standard InChI is InChI=1S/C21H22ClN5O2/c1-12(2)11-28-21-17(22)6-15(10-24-21)20-16-8-19(29-26-13(3)4)14(9-23)7-18(16)27(5)25-20/h6-8,10,12H,11H2,1-5H3. The van der Waals surface area contributed by atoms with Gasteiger partial charge in [0.15, 0.2) is 5.75 Å². The number of nitrogens with zero attached hydrogens (tertiary/aromatic N) is 5. The minimum atomic E-state index is 0.367. The van der Waals surface area contributed by atoms with Gasteiger partial charge >= 0.3 is 0 Å². The summed E-state index contributed by atoms with van der Waals surface area (Å²) < 4.78 is 7.36. The molecule has 0 unspecified atom stereocenters. The highest BCUT2D eigenvalue weighted by Crippen LogP contribution is 2.35. The molecule has 0 amide bonds. The third kappa shape index (κ3) is 4.49. The van der Waals surface area contributed by atoms with Crippen LogP contribution in [0.25, 0.3) is 22.2 Å². The molecule has 29 heavy (non-hydrogen) atoms. The number of halogens is 1. The van der Waals surface area contributed by atoms with E-state index in [4.69, 9.17) is 21.2 Å². The SMILES string of the molecule is CC(C)=NOc1cc2c(-c3cnc(OCC(C)C)c(Cl)c3)nn(C)c2cc1C#N. The Morgan fingerprint density at radius 3 is 2.69 bits per heavy atom. The number of ether oxygens (including phenoxy) is 1. The Kier molecular flexibility index (Phi) is 6.04. The number of aryl methyl sites for hydroxylation is 1. The van der Waals surface area contributed by atoms with Crippen molar-refractivity contribution in [2.45, 2.75) is 27.7 Å². The average Bonchev–Trinajstić information content (AvgIpc) is 3.00. The fourth-order valence-electron chi connectivity index (χ4n) is 2.71. The minimum absolute atomic E-state index is 0.367. The van der Waals surface area contributed by atoms with Crippen LogP contribution in [0.4, 0.5) is 0 Å². The van der Waals surface area contributed by atoms with Gasteiger partial charge in [-0.15, -0.1) is 0 Å². The zero-order chi connectivity index (χ0) is 21.1. The maximum Gasteiger partial charge on any atom is 0.232 e. The Hall–Kier alpha value is -3.11. The topological polar surface area (TPSA) is 85.3 Å². The van der Waals surface area contributed by atoms with Crippen molar-refractivity contribution < 1.29 is 9.57 Å². The van der Waals surface area contributed by atoms with Crippen molar-refractivity contribution in [3.63, 3.8) is 0 Å². The molecule has 0 fully saturated rings. The van der Waals surface area contributed by atoms with E-state index in [2.05, 4.69) is 35.2 Å². The second-order valence-electron chi connectivity index (χ2n) is 7.30. The summed E-state index contributed by atoms with van der Waals surface area (Å²) in [5.41, 5.74) is 3.33. The van der Waals surface area contributed by atoms with E-state index in [9.17, 15) is 5.26 Å². The molecule has 150 valence electrons. The number of rotatable bonds is 6. The maximum absolute atomic E-state index is 9.46. The highest BCUT2D eigenvalue weighted by molar-refractivity contribution is 6.32. The normalized spacial score (nSPS) is 10.8. The van der Waals surface area contributed by atoms with Gasteiger partial charge in [-0.25, -0.2) is 4.98 Å². The maximum atomic E-state index is 9.46. The van der Waals surface area contributed by atoms with Crippen LogP contribution >= 0.6 is 11.6 Å². The van der Waals surface area contributed by atoms with E-state index < -0.39 is 0 Å². The lowest BCUT2D eigenvalue weighted by Gasteiger charge is -2.09. The van der Waals surface area contributed by atoms with Gasteiger partial charge in [-0.3, -0.25) is 4.68 Å². The fraction of sp³-hybridized carbons (Fsp3) is 0.333. The number of oxime groups is 1. The summed E-state index contributed by atoms with van der Waals surface area (Å²) in [6, 6.07) is 7.42. The van der Waals surface area contributed by atoms with E-state index in [0.717, 1.165) is 22.2 Å². The van der Waals surface area contributed by atoms with Gasteiger partial charge in [-0.2, -0.15) is 10.4 Å². The first-order valence-electron chi connectivity index (χ1n) is 9.18. The van der Waals surface area contributed by atoms with Crippen LogP contribution in [0, 0.1) is 17.2 Å². The summed E-state index contributed by atoms with van der Waals surface area (Å²) in [7, 11) is 1.82.